The van der Waals surface area contributed by atoms with Crippen LogP contribution in [0, 0.1) is 13.8 Å². The van der Waals surface area contributed by atoms with Crippen molar-refractivity contribution in [2.24, 2.45) is 0 Å². The number of para-hydroxylation sites is 1. The van der Waals surface area contributed by atoms with Crippen LogP contribution in [0.1, 0.15) is 34.6 Å². The molecule has 1 amide bonds. The Labute approximate surface area is 176 Å². The van der Waals surface area contributed by atoms with E-state index in [1.165, 1.54) is 0 Å². The highest BCUT2D eigenvalue weighted by molar-refractivity contribution is 5.95. The lowest BCUT2D eigenvalue weighted by atomic mass is 9.86. The minimum Gasteiger partial charge on any atom is -0.493 e. The van der Waals surface area contributed by atoms with Crippen molar-refractivity contribution >= 4 is 11.7 Å². The smallest absolute Gasteiger partial charge is 0.226 e. The molecule has 154 valence electrons. The first-order chi connectivity index (χ1) is 14.5. The van der Waals surface area contributed by atoms with Gasteiger partial charge >= 0.3 is 0 Å². The Hall–Kier alpha value is -3.54. The van der Waals surface area contributed by atoms with Gasteiger partial charge in [0.2, 0.25) is 5.91 Å². The summed E-state index contributed by atoms with van der Waals surface area (Å²) in [6.45, 7) is 8.16. The minimum atomic E-state index is -0.192. The summed E-state index contributed by atoms with van der Waals surface area (Å²) in [5.74, 6) is 1.70. The van der Waals surface area contributed by atoms with E-state index in [4.69, 9.17) is 9.47 Å². The number of amides is 1. The molecule has 30 heavy (non-hydrogen) atoms. The molecule has 1 aliphatic rings. The van der Waals surface area contributed by atoms with Gasteiger partial charge in [0.25, 0.3) is 0 Å². The highest BCUT2D eigenvalue weighted by Crippen LogP contribution is 2.44. The van der Waals surface area contributed by atoms with E-state index in [-0.39, 0.29) is 11.8 Å². The first-order valence-electron chi connectivity index (χ1n) is 9.89. The van der Waals surface area contributed by atoms with Crippen molar-refractivity contribution in [1.29, 1.82) is 0 Å². The number of carbonyl (C=O) groups is 1. The molecule has 6 heteroatoms. The zero-order chi connectivity index (χ0) is 21.3. The van der Waals surface area contributed by atoms with Crippen LogP contribution in [0.15, 0.2) is 55.3 Å². The number of aryl methyl sites for hydroxylation is 2. The number of nitrogens with zero attached hydrogens (tertiary/aromatic N) is 2. The molecular weight excluding hydrogens is 378 g/mol. The van der Waals surface area contributed by atoms with Gasteiger partial charge < -0.3 is 14.8 Å². The van der Waals surface area contributed by atoms with E-state index in [0.717, 1.165) is 27.9 Å². The lowest BCUT2D eigenvalue weighted by Crippen LogP contribution is -2.25. The van der Waals surface area contributed by atoms with Crippen LogP contribution in [0.3, 0.4) is 0 Å². The molecule has 4 rings (SSSR count). The maximum Gasteiger partial charge on any atom is 0.226 e. The van der Waals surface area contributed by atoms with Crippen LogP contribution in [-0.2, 0) is 4.79 Å². The first kappa shape index (κ1) is 19.8. The molecule has 3 aromatic rings. The van der Waals surface area contributed by atoms with Crippen molar-refractivity contribution in [3.8, 4) is 17.2 Å². The maximum absolute atomic E-state index is 12.7. The minimum absolute atomic E-state index is 0.0583. The van der Waals surface area contributed by atoms with Crippen LogP contribution in [0.5, 0.6) is 11.5 Å². The highest BCUT2D eigenvalue weighted by atomic mass is 16.5. The molecule has 0 saturated carbocycles. The number of hydrogen-bond donors (Lipinski definition) is 1. The average Bonchev–Trinajstić information content (AvgIpc) is 3.16. The average molecular weight is 403 g/mol. The number of aromatic nitrogens is 2. The van der Waals surface area contributed by atoms with Crippen LogP contribution >= 0.6 is 0 Å². The summed E-state index contributed by atoms with van der Waals surface area (Å²) in [4.78, 5) is 12.7. The van der Waals surface area contributed by atoms with Crippen LogP contribution in [0.4, 0.5) is 5.82 Å². The first-order valence-corrected chi connectivity index (χ1v) is 9.89. The van der Waals surface area contributed by atoms with E-state index >= 15 is 0 Å². The van der Waals surface area contributed by atoms with Crippen LogP contribution in [-0.4, -0.2) is 29.4 Å². The van der Waals surface area contributed by atoms with Gasteiger partial charge in [-0.25, -0.2) is 4.68 Å². The number of anilines is 1. The Kier molecular flexibility index (Phi) is 5.31. The predicted octanol–water partition coefficient (Wildman–Crippen LogP) is 4.54. The fraction of sp³-hybridized carbons (Fsp3) is 0.250. The summed E-state index contributed by atoms with van der Waals surface area (Å²) < 4.78 is 13.3. The Balaban J connectivity index is 1.85. The van der Waals surface area contributed by atoms with E-state index in [0.29, 0.717) is 30.3 Å². The van der Waals surface area contributed by atoms with Gasteiger partial charge in [0.15, 0.2) is 11.5 Å². The molecule has 0 fully saturated rings. The fourth-order valence-corrected chi connectivity index (χ4v) is 3.89. The van der Waals surface area contributed by atoms with Crippen LogP contribution in [0.2, 0.25) is 0 Å². The van der Waals surface area contributed by atoms with Crippen molar-refractivity contribution in [3.05, 3.63) is 77.5 Å². The predicted molar refractivity (Wildman–Crippen MR) is 117 cm³/mol. The number of ether oxygens (including phenoxy) is 2. The van der Waals surface area contributed by atoms with Crippen molar-refractivity contribution in [1.82, 2.24) is 9.78 Å². The summed E-state index contributed by atoms with van der Waals surface area (Å²) in [5.41, 5.74) is 5.01. The largest absolute Gasteiger partial charge is 0.493 e. The highest BCUT2D eigenvalue weighted by Gasteiger charge is 2.33. The molecular formula is C24H25N3O3. The summed E-state index contributed by atoms with van der Waals surface area (Å²) >= 11 is 0. The fourth-order valence-electron chi connectivity index (χ4n) is 3.89. The van der Waals surface area contributed by atoms with Crippen molar-refractivity contribution < 1.29 is 14.3 Å². The topological polar surface area (TPSA) is 65.4 Å². The molecule has 0 spiro atoms. The molecule has 1 aliphatic heterocycles. The third-order valence-electron chi connectivity index (χ3n) is 5.36. The SMILES string of the molecule is C=CCOc1c(OC)cccc1C1CC(=O)Nc2c1cnn2-c1cc(C)ccc1C. The summed E-state index contributed by atoms with van der Waals surface area (Å²) in [5, 5.41) is 7.65. The van der Waals surface area contributed by atoms with Gasteiger partial charge in [0, 0.05) is 23.5 Å². The van der Waals surface area contributed by atoms with E-state index in [9.17, 15) is 4.79 Å². The third kappa shape index (κ3) is 3.45. The lowest BCUT2D eigenvalue weighted by molar-refractivity contribution is -0.116. The van der Waals surface area contributed by atoms with Crippen molar-refractivity contribution in [2.75, 3.05) is 19.0 Å². The van der Waals surface area contributed by atoms with Gasteiger partial charge in [-0.1, -0.05) is 36.9 Å². The molecule has 1 unspecified atom stereocenters. The molecule has 0 radical (unpaired) electrons. The number of hydrogen-bond acceptors (Lipinski definition) is 4. The third-order valence-corrected chi connectivity index (χ3v) is 5.36. The van der Waals surface area contributed by atoms with E-state index in [1.54, 1.807) is 13.2 Å². The van der Waals surface area contributed by atoms with Crippen LogP contribution in [0.25, 0.3) is 5.69 Å². The number of carbonyl (C=O) groups excluding carboxylic acids is 1. The Morgan fingerprint density at radius 1 is 1.27 bits per heavy atom. The summed E-state index contributed by atoms with van der Waals surface area (Å²) in [7, 11) is 1.61. The molecule has 0 bridgehead atoms. The van der Waals surface area contributed by atoms with Crippen molar-refractivity contribution in [3.63, 3.8) is 0 Å². The molecule has 0 aliphatic carbocycles. The Morgan fingerprint density at radius 3 is 2.87 bits per heavy atom. The second-order valence-electron chi connectivity index (χ2n) is 7.43. The number of benzene rings is 2. The Bertz CT molecular complexity index is 1120. The number of rotatable bonds is 6. The molecule has 0 saturated heterocycles. The van der Waals surface area contributed by atoms with E-state index in [1.807, 2.05) is 42.9 Å². The summed E-state index contributed by atoms with van der Waals surface area (Å²) in [6.07, 6.45) is 3.83. The Morgan fingerprint density at radius 2 is 2.10 bits per heavy atom. The normalized spacial score (nSPS) is 15.3. The maximum atomic E-state index is 12.7. The van der Waals surface area contributed by atoms with Gasteiger partial charge in [-0.3, -0.25) is 4.79 Å². The van der Waals surface area contributed by atoms with E-state index in [2.05, 4.69) is 35.2 Å². The zero-order valence-electron chi connectivity index (χ0n) is 17.4. The molecule has 2 heterocycles. The van der Waals surface area contributed by atoms with Crippen molar-refractivity contribution in [2.45, 2.75) is 26.2 Å². The standard InChI is InChI=1S/C24H25N3O3/c1-5-11-30-23-17(7-6-8-21(23)29-4)18-13-22(28)26-24-19(18)14-25-27(24)20-12-15(2)9-10-16(20)3/h5-10,12,14,18H,1,11,13H2,2-4H3,(H,26,28). The van der Waals surface area contributed by atoms with Crippen LogP contribution < -0.4 is 14.8 Å². The molecule has 2 aromatic carbocycles. The quantitative estimate of drug-likeness (QED) is 0.614. The van der Waals surface area contributed by atoms with Gasteiger partial charge in [0.1, 0.15) is 12.4 Å². The van der Waals surface area contributed by atoms with E-state index < -0.39 is 0 Å². The van der Waals surface area contributed by atoms with Gasteiger partial charge in [-0.2, -0.15) is 5.10 Å². The molecule has 1 atom stereocenters. The van der Waals surface area contributed by atoms with Gasteiger partial charge in [-0.05, 0) is 37.1 Å². The molecule has 1 aromatic heterocycles. The van der Waals surface area contributed by atoms with Gasteiger partial charge in [-0.15, -0.1) is 0 Å². The van der Waals surface area contributed by atoms with Gasteiger partial charge in [0.05, 0.1) is 19.0 Å². The number of nitrogens with one attached hydrogen (secondary N) is 1. The lowest BCUT2D eigenvalue weighted by Gasteiger charge is -2.26. The number of fused-ring (bicyclic) bond motifs is 1. The molecule has 1 N–H and O–H groups in total. The molecule has 6 nitrogen and oxygen atoms in total. The second kappa shape index (κ2) is 8.06. The number of methoxy groups -OCH3 is 1. The second-order valence-corrected chi connectivity index (χ2v) is 7.43. The monoisotopic (exact) mass is 403 g/mol. The zero-order valence-corrected chi connectivity index (χ0v) is 17.4. The summed E-state index contributed by atoms with van der Waals surface area (Å²) in [6, 6.07) is 11.9.